The highest BCUT2D eigenvalue weighted by atomic mass is 16.5. The maximum absolute atomic E-state index is 13.0. The summed E-state index contributed by atoms with van der Waals surface area (Å²) in [6.45, 7) is 7.07. The molecular formula is C17H18N2O5. The van der Waals surface area contributed by atoms with Crippen molar-refractivity contribution in [2.24, 2.45) is 5.41 Å². The largest absolute Gasteiger partial charge is 0.504 e. The van der Waals surface area contributed by atoms with E-state index in [2.05, 4.69) is 10.3 Å². The van der Waals surface area contributed by atoms with E-state index in [1.165, 1.54) is 6.07 Å². The number of rotatable bonds is 2. The van der Waals surface area contributed by atoms with Crippen LogP contribution in [0.1, 0.15) is 49.1 Å². The fourth-order valence-corrected chi connectivity index (χ4v) is 3.12. The van der Waals surface area contributed by atoms with Gasteiger partial charge in [0.05, 0.1) is 17.3 Å². The lowest BCUT2D eigenvalue weighted by Crippen LogP contribution is -2.40. The second-order valence-corrected chi connectivity index (χ2v) is 6.81. The van der Waals surface area contributed by atoms with Gasteiger partial charge in [0.2, 0.25) is 5.76 Å². The molecule has 0 unspecified atom stereocenters. The minimum Gasteiger partial charge on any atom is -0.504 e. The Morgan fingerprint density at radius 3 is 2.33 bits per heavy atom. The van der Waals surface area contributed by atoms with Gasteiger partial charge < -0.3 is 14.2 Å². The fraction of sp³-hybridized carbons (Fsp3) is 0.412. The Balaban J connectivity index is 2.12. The molecule has 0 radical (unpaired) electrons. The number of aryl methyl sites for hydroxylation is 2. The summed E-state index contributed by atoms with van der Waals surface area (Å²) in [6.07, 6.45) is 0.0929. The zero-order valence-corrected chi connectivity index (χ0v) is 13.9. The molecule has 1 N–H and O–H groups in total. The predicted octanol–water partition coefficient (Wildman–Crippen LogP) is 2.90. The zero-order chi connectivity index (χ0) is 17.6. The molecule has 1 aliphatic rings. The van der Waals surface area contributed by atoms with Crippen LogP contribution in [-0.2, 0) is 9.59 Å². The standard InChI is InChI=1S/C17H18N2O5/c1-8-5-11(23-18-8)14-16(22)13(10(20)7-17(14,3)4)15(21)12-6-9(2)19-24-12/h5-6,14,21H,7H2,1-4H3/t14-/m1/s1. The number of allylic oxidation sites excluding steroid dienone is 1. The molecule has 2 aromatic rings. The zero-order valence-electron chi connectivity index (χ0n) is 13.9. The molecule has 0 aliphatic heterocycles. The van der Waals surface area contributed by atoms with E-state index in [9.17, 15) is 14.7 Å². The van der Waals surface area contributed by atoms with Gasteiger partial charge >= 0.3 is 0 Å². The van der Waals surface area contributed by atoms with Gasteiger partial charge in [-0.15, -0.1) is 0 Å². The first-order valence-corrected chi connectivity index (χ1v) is 7.58. The minimum atomic E-state index is -0.711. The van der Waals surface area contributed by atoms with Crippen LogP contribution < -0.4 is 0 Å². The van der Waals surface area contributed by atoms with E-state index in [1.807, 2.05) is 13.8 Å². The third kappa shape index (κ3) is 2.55. The molecule has 3 rings (SSSR count). The first-order chi connectivity index (χ1) is 11.2. The molecule has 1 fully saturated rings. The smallest absolute Gasteiger partial charge is 0.202 e. The van der Waals surface area contributed by atoms with Gasteiger partial charge in [-0.05, 0) is 19.3 Å². The van der Waals surface area contributed by atoms with Gasteiger partial charge in [-0.25, -0.2) is 0 Å². The van der Waals surface area contributed by atoms with Gasteiger partial charge in [-0.3, -0.25) is 9.59 Å². The fourth-order valence-electron chi connectivity index (χ4n) is 3.12. The van der Waals surface area contributed by atoms with E-state index in [4.69, 9.17) is 9.05 Å². The Morgan fingerprint density at radius 1 is 1.17 bits per heavy atom. The minimum absolute atomic E-state index is 0.00333. The Morgan fingerprint density at radius 2 is 1.79 bits per heavy atom. The number of nitrogens with zero attached hydrogens (tertiary/aromatic N) is 2. The van der Waals surface area contributed by atoms with E-state index >= 15 is 0 Å². The van der Waals surface area contributed by atoms with Gasteiger partial charge in [-0.1, -0.05) is 24.2 Å². The van der Waals surface area contributed by atoms with Gasteiger partial charge in [0.15, 0.2) is 17.3 Å². The average Bonchev–Trinajstić information content (AvgIpc) is 3.06. The molecule has 1 atom stereocenters. The third-order valence-corrected chi connectivity index (χ3v) is 4.21. The van der Waals surface area contributed by atoms with E-state index in [0.717, 1.165) is 0 Å². The number of ketones is 2. The lowest BCUT2D eigenvalue weighted by Gasteiger charge is -2.35. The number of carbonyl (C=O) groups is 2. The second kappa shape index (κ2) is 5.43. The molecule has 0 spiro atoms. The van der Waals surface area contributed by atoms with Crippen molar-refractivity contribution in [1.29, 1.82) is 0 Å². The SMILES string of the molecule is Cc1cc(C(O)=C2C(=O)CC(C)(C)[C@H](c3cc(C)no3)C2=O)on1. The van der Waals surface area contributed by atoms with Crippen LogP contribution >= 0.6 is 0 Å². The summed E-state index contributed by atoms with van der Waals surface area (Å²) in [7, 11) is 0. The van der Waals surface area contributed by atoms with Crippen molar-refractivity contribution in [3.05, 3.63) is 40.6 Å². The molecule has 0 amide bonds. The van der Waals surface area contributed by atoms with Crippen LogP contribution in [0.4, 0.5) is 0 Å². The first kappa shape index (κ1) is 16.2. The van der Waals surface area contributed by atoms with Crippen LogP contribution in [0.3, 0.4) is 0 Å². The van der Waals surface area contributed by atoms with Crippen LogP contribution in [-0.4, -0.2) is 27.0 Å². The molecular weight excluding hydrogens is 312 g/mol. The Hall–Kier alpha value is -2.70. The van der Waals surface area contributed by atoms with Crippen LogP contribution in [0.15, 0.2) is 26.8 Å². The average molecular weight is 330 g/mol. The summed E-state index contributed by atoms with van der Waals surface area (Å²) in [5.41, 5.74) is 0.257. The monoisotopic (exact) mass is 330 g/mol. The van der Waals surface area contributed by atoms with Crippen molar-refractivity contribution in [1.82, 2.24) is 10.3 Å². The van der Waals surface area contributed by atoms with Crippen molar-refractivity contribution < 1.29 is 23.7 Å². The quantitative estimate of drug-likeness (QED) is 0.512. The first-order valence-electron chi connectivity index (χ1n) is 7.58. The summed E-state index contributed by atoms with van der Waals surface area (Å²) >= 11 is 0. The molecule has 7 heteroatoms. The highest BCUT2D eigenvalue weighted by Crippen LogP contribution is 2.46. The Bertz CT molecular complexity index is 856. The number of hydrogen-bond donors (Lipinski definition) is 1. The van der Waals surface area contributed by atoms with Gasteiger partial charge in [0.25, 0.3) is 0 Å². The van der Waals surface area contributed by atoms with Crippen LogP contribution in [0.25, 0.3) is 5.76 Å². The molecule has 0 saturated heterocycles. The van der Waals surface area contributed by atoms with E-state index < -0.39 is 28.7 Å². The lowest BCUT2D eigenvalue weighted by molar-refractivity contribution is -0.129. The number of aliphatic hydroxyl groups is 1. The van der Waals surface area contributed by atoms with E-state index in [-0.39, 0.29) is 17.8 Å². The van der Waals surface area contributed by atoms with Gasteiger partial charge in [-0.2, -0.15) is 0 Å². The highest BCUT2D eigenvalue weighted by molar-refractivity contribution is 6.28. The van der Waals surface area contributed by atoms with Crippen LogP contribution in [0.2, 0.25) is 0 Å². The number of hydrogen-bond acceptors (Lipinski definition) is 7. The molecule has 126 valence electrons. The molecule has 0 bridgehead atoms. The highest BCUT2D eigenvalue weighted by Gasteiger charge is 2.49. The third-order valence-electron chi connectivity index (χ3n) is 4.21. The van der Waals surface area contributed by atoms with Crippen molar-refractivity contribution in [2.45, 2.75) is 40.0 Å². The second-order valence-electron chi connectivity index (χ2n) is 6.81. The van der Waals surface area contributed by atoms with Gasteiger partial charge in [0.1, 0.15) is 11.3 Å². The van der Waals surface area contributed by atoms with E-state index in [1.54, 1.807) is 19.9 Å². The predicted molar refractivity (Wildman–Crippen MR) is 83.2 cm³/mol. The number of carbonyl (C=O) groups excluding carboxylic acids is 2. The molecule has 24 heavy (non-hydrogen) atoms. The summed E-state index contributed by atoms with van der Waals surface area (Å²) in [5.74, 6) is -1.74. The molecule has 0 aromatic carbocycles. The van der Waals surface area contributed by atoms with Crippen molar-refractivity contribution in [2.75, 3.05) is 0 Å². The number of Topliss-reactive ketones (excluding diaryl/α,β-unsaturated/α-hetero) is 2. The molecule has 2 aromatic heterocycles. The summed E-state index contributed by atoms with van der Waals surface area (Å²) in [5, 5.41) is 17.9. The van der Waals surface area contributed by atoms with Crippen molar-refractivity contribution >= 4 is 17.3 Å². The molecule has 2 heterocycles. The maximum Gasteiger partial charge on any atom is 0.202 e. The molecule has 7 nitrogen and oxygen atoms in total. The Labute approximate surface area is 138 Å². The summed E-state index contributed by atoms with van der Waals surface area (Å²) in [4.78, 5) is 25.5. The molecule has 1 aliphatic carbocycles. The van der Waals surface area contributed by atoms with Crippen molar-refractivity contribution in [3.8, 4) is 0 Å². The number of aliphatic hydroxyl groups excluding tert-OH is 1. The van der Waals surface area contributed by atoms with E-state index in [0.29, 0.717) is 17.1 Å². The lowest BCUT2D eigenvalue weighted by atomic mass is 9.64. The Kier molecular flexibility index (Phi) is 3.66. The summed E-state index contributed by atoms with van der Waals surface area (Å²) in [6, 6.07) is 3.14. The van der Waals surface area contributed by atoms with Crippen LogP contribution in [0, 0.1) is 19.3 Å². The maximum atomic E-state index is 13.0. The van der Waals surface area contributed by atoms with Crippen LogP contribution in [0.5, 0.6) is 0 Å². The number of aromatic nitrogens is 2. The normalized spacial score (nSPS) is 22.8. The topological polar surface area (TPSA) is 106 Å². The van der Waals surface area contributed by atoms with Gasteiger partial charge in [0, 0.05) is 18.6 Å². The van der Waals surface area contributed by atoms with Crippen molar-refractivity contribution in [3.63, 3.8) is 0 Å². The summed E-state index contributed by atoms with van der Waals surface area (Å²) < 4.78 is 10.2. The molecule has 1 saturated carbocycles.